The van der Waals surface area contributed by atoms with Crippen molar-refractivity contribution in [1.82, 2.24) is 15.5 Å². The Hall–Kier alpha value is -2.28. The molecule has 0 unspecified atom stereocenters. The normalized spacial score (nSPS) is 11.2. The fraction of sp³-hybridized carbons (Fsp3) is 0.579. The number of hydrogen-bond donors (Lipinski definition) is 2. The number of urea groups is 1. The van der Waals surface area contributed by atoms with Crippen LogP contribution in [0.2, 0.25) is 0 Å². The minimum Gasteiger partial charge on any atom is -0.493 e. The third-order valence-corrected chi connectivity index (χ3v) is 3.49. The number of carbonyl (C=O) groups excluding carboxylic acids is 2. The highest BCUT2D eigenvalue weighted by Crippen LogP contribution is 2.28. The van der Waals surface area contributed by atoms with E-state index in [1.807, 2.05) is 57.7 Å². The van der Waals surface area contributed by atoms with Crippen molar-refractivity contribution in [1.29, 1.82) is 0 Å². The van der Waals surface area contributed by atoms with E-state index in [4.69, 9.17) is 9.47 Å². The van der Waals surface area contributed by atoms with Crippen molar-refractivity contribution < 1.29 is 19.1 Å². The van der Waals surface area contributed by atoms with E-state index in [-0.39, 0.29) is 12.5 Å². The molecule has 0 aromatic heterocycles. The summed E-state index contributed by atoms with van der Waals surface area (Å²) in [5.41, 5.74) is 0.604. The highest BCUT2D eigenvalue weighted by atomic mass is 16.5. The molecule has 0 aliphatic heterocycles. The fourth-order valence-electron chi connectivity index (χ4n) is 2.36. The summed E-state index contributed by atoms with van der Waals surface area (Å²) in [6.07, 6.45) is 0. The summed E-state index contributed by atoms with van der Waals surface area (Å²) in [6, 6.07) is 5.22. The van der Waals surface area contributed by atoms with E-state index in [9.17, 15) is 9.59 Å². The molecule has 0 fully saturated rings. The lowest BCUT2D eigenvalue weighted by atomic mass is 10.1. The van der Waals surface area contributed by atoms with E-state index >= 15 is 0 Å². The maximum Gasteiger partial charge on any atom is 0.321 e. The Labute approximate surface area is 156 Å². The first-order valence-electron chi connectivity index (χ1n) is 8.82. The first-order chi connectivity index (χ1) is 12.2. The van der Waals surface area contributed by atoms with E-state index < -0.39 is 11.6 Å². The number of hydrogen-bond acceptors (Lipinski definition) is 5. The van der Waals surface area contributed by atoms with Crippen molar-refractivity contribution in [3.05, 3.63) is 23.8 Å². The van der Waals surface area contributed by atoms with Crippen molar-refractivity contribution in [3.63, 3.8) is 0 Å². The van der Waals surface area contributed by atoms with Crippen LogP contribution in [0.1, 0.15) is 40.2 Å². The summed E-state index contributed by atoms with van der Waals surface area (Å²) in [4.78, 5) is 25.8. The summed E-state index contributed by atoms with van der Waals surface area (Å²) in [5.74, 6) is 1.01. The first-order valence-corrected chi connectivity index (χ1v) is 8.82. The number of benzene rings is 1. The monoisotopic (exact) mass is 365 g/mol. The van der Waals surface area contributed by atoms with Gasteiger partial charge in [0, 0.05) is 12.1 Å². The van der Waals surface area contributed by atoms with Gasteiger partial charge in [0.25, 0.3) is 0 Å². The maximum atomic E-state index is 12.1. The lowest BCUT2D eigenvalue weighted by Gasteiger charge is -2.22. The van der Waals surface area contributed by atoms with Crippen LogP contribution in [0.4, 0.5) is 4.79 Å². The Balaban J connectivity index is 2.66. The number of ether oxygens (including phenoxy) is 2. The molecule has 0 saturated carbocycles. The predicted molar refractivity (Wildman–Crippen MR) is 102 cm³/mol. The molecule has 0 aliphatic carbocycles. The Bertz CT molecular complexity index is 611. The van der Waals surface area contributed by atoms with Gasteiger partial charge in [0.05, 0.1) is 20.3 Å². The van der Waals surface area contributed by atoms with Gasteiger partial charge in [0.1, 0.15) is 0 Å². The molecule has 0 radical (unpaired) electrons. The highest BCUT2D eigenvalue weighted by molar-refractivity contribution is 5.95. The quantitative estimate of drug-likeness (QED) is 0.740. The van der Waals surface area contributed by atoms with Crippen molar-refractivity contribution in [2.24, 2.45) is 0 Å². The minimum atomic E-state index is -0.485. The van der Waals surface area contributed by atoms with Gasteiger partial charge >= 0.3 is 6.03 Å². The van der Waals surface area contributed by atoms with Gasteiger partial charge in [-0.2, -0.15) is 0 Å². The average molecular weight is 365 g/mol. The molecule has 7 nitrogen and oxygen atoms in total. The summed E-state index contributed by atoms with van der Waals surface area (Å²) in [6.45, 7) is 11.4. The third kappa shape index (κ3) is 7.74. The second-order valence-corrected chi connectivity index (χ2v) is 6.97. The molecule has 26 heavy (non-hydrogen) atoms. The smallest absolute Gasteiger partial charge is 0.321 e. The topological polar surface area (TPSA) is 79.9 Å². The van der Waals surface area contributed by atoms with Crippen LogP contribution in [0.25, 0.3) is 0 Å². The third-order valence-electron chi connectivity index (χ3n) is 3.49. The zero-order valence-corrected chi connectivity index (χ0v) is 16.6. The van der Waals surface area contributed by atoms with Crippen LogP contribution < -0.4 is 20.1 Å². The molecular weight excluding hydrogens is 334 g/mol. The largest absolute Gasteiger partial charge is 0.493 e. The van der Waals surface area contributed by atoms with Crippen LogP contribution in [0.3, 0.4) is 0 Å². The molecule has 1 rings (SSSR count). The standard InChI is InChI=1S/C19H31N3O4/c1-7-22(13-17(23)20-18(24)21-19(3,4)5)12-14-9-10-15(26-8-2)16(11-14)25-6/h9-11H,7-8,12-13H2,1-6H3,(H2,20,21,23,24). The number of nitrogens with zero attached hydrogens (tertiary/aromatic N) is 1. The van der Waals surface area contributed by atoms with Crippen molar-refractivity contribution >= 4 is 11.9 Å². The van der Waals surface area contributed by atoms with Crippen molar-refractivity contribution in [3.8, 4) is 11.5 Å². The number of carbonyl (C=O) groups is 2. The van der Waals surface area contributed by atoms with Gasteiger partial charge in [0.2, 0.25) is 5.91 Å². The van der Waals surface area contributed by atoms with Crippen LogP contribution in [0, 0.1) is 0 Å². The Kier molecular flexibility index (Phi) is 8.38. The number of imide groups is 1. The molecule has 0 spiro atoms. The minimum absolute atomic E-state index is 0.129. The summed E-state index contributed by atoms with van der Waals surface area (Å²) >= 11 is 0. The SMILES string of the molecule is CCOc1ccc(CN(CC)CC(=O)NC(=O)NC(C)(C)C)cc1OC. The summed E-state index contributed by atoms with van der Waals surface area (Å²) in [7, 11) is 1.60. The number of nitrogens with one attached hydrogen (secondary N) is 2. The Morgan fingerprint density at radius 3 is 2.38 bits per heavy atom. The Morgan fingerprint density at radius 1 is 1.15 bits per heavy atom. The van der Waals surface area contributed by atoms with Gasteiger partial charge in [-0.25, -0.2) is 4.79 Å². The molecule has 146 valence electrons. The molecular formula is C19H31N3O4. The van der Waals surface area contributed by atoms with Crippen molar-refractivity contribution in [2.75, 3.05) is 26.8 Å². The first kappa shape index (κ1) is 21.8. The van der Waals surface area contributed by atoms with Crippen molar-refractivity contribution in [2.45, 2.75) is 46.7 Å². The van der Waals surface area contributed by atoms with Crippen LogP contribution >= 0.6 is 0 Å². The zero-order chi connectivity index (χ0) is 19.7. The average Bonchev–Trinajstić information content (AvgIpc) is 2.53. The molecule has 0 bridgehead atoms. The van der Waals surface area contributed by atoms with E-state index in [0.717, 1.165) is 5.56 Å². The zero-order valence-electron chi connectivity index (χ0n) is 16.6. The molecule has 0 atom stereocenters. The second-order valence-electron chi connectivity index (χ2n) is 6.97. The lowest BCUT2D eigenvalue weighted by molar-refractivity contribution is -0.121. The molecule has 7 heteroatoms. The van der Waals surface area contributed by atoms with E-state index in [1.165, 1.54) is 0 Å². The fourth-order valence-corrected chi connectivity index (χ4v) is 2.36. The number of likely N-dealkylation sites (N-methyl/N-ethyl adjacent to an activating group) is 1. The maximum absolute atomic E-state index is 12.1. The molecule has 0 aliphatic rings. The summed E-state index contributed by atoms with van der Waals surface area (Å²) < 4.78 is 10.9. The molecule has 0 saturated heterocycles. The highest BCUT2D eigenvalue weighted by Gasteiger charge is 2.17. The molecule has 1 aromatic carbocycles. The van der Waals surface area contributed by atoms with Gasteiger partial charge in [-0.05, 0) is 51.9 Å². The Morgan fingerprint density at radius 2 is 1.85 bits per heavy atom. The number of rotatable bonds is 8. The van der Waals surface area contributed by atoms with Crippen LogP contribution in [0.15, 0.2) is 18.2 Å². The van der Waals surface area contributed by atoms with E-state index in [2.05, 4.69) is 10.6 Å². The molecule has 1 aromatic rings. The van der Waals surface area contributed by atoms with Gasteiger partial charge < -0.3 is 14.8 Å². The van der Waals surface area contributed by atoms with Gasteiger partial charge in [0.15, 0.2) is 11.5 Å². The molecule has 0 heterocycles. The predicted octanol–water partition coefficient (Wildman–Crippen LogP) is 2.54. The van der Waals surface area contributed by atoms with E-state index in [0.29, 0.717) is 31.2 Å². The van der Waals surface area contributed by atoms with Crippen LogP contribution in [-0.4, -0.2) is 49.2 Å². The van der Waals surface area contributed by atoms with Gasteiger partial charge in [-0.3, -0.25) is 15.0 Å². The summed E-state index contributed by atoms with van der Waals surface area (Å²) in [5, 5.41) is 5.06. The van der Waals surface area contributed by atoms with Crippen LogP contribution in [-0.2, 0) is 11.3 Å². The second kappa shape index (κ2) is 10.0. The van der Waals surface area contributed by atoms with Gasteiger partial charge in [-0.1, -0.05) is 13.0 Å². The molecule has 3 amide bonds. The van der Waals surface area contributed by atoms with Crippen LogP contribution in [0.5, 0.6) is 11.5 Å². The lowest BCUT2D eigenvalue weighted by Crippen LogP contribution is -2.50. The van der Waals surface area contributed by atoms with E-state index in [1.54, 1.807) is 7.11 Å². The van der Waals surface area contributed by atoms with Gasteiger partial charge in [-0.15, -0.1) is 0 Å². The molecule has 2 N–H and O–H groups in total. The number of methoxy groups -OCH3 is 1. The number of amides is 3.